The Morgan fingerprint density at radius 3 is 1.32 bits per heavy atom. The first-order chi connectivity index (χ1) is 28.1. The van der Waals surface area contributed by atoms with Crippen LogP contribution in [-0.4, -0.2) is 4.98 Å². The van der Waals surface area contributed by atoms with Gasteiger partial charge in [-0.25, -0.2) is 0 Å². The Hall–Kier alpha value is -6.65. The number of rotatable bonds is 6. The van der Waals surface area contributed by atoms with Gasteiger partial charge in [0.2, 0.25) is 0 Å². The van der Waals surface area contributed by atoms with Crippen molar-refractivity contribution < 1.29 is 0 Å². The Morgan fingerprint density at radius 1 is 0.316 bits per heavy atom. The molecular formula is C54H35NS2. The van der Waals surface area contributed by atoms with Crippen LogP contribution in [0.4, 0.5) is 0 Å². The monoisotopic (exact) mass is 761 g/mol. The zero-order valence-corrected chi connectivity index (χ0v) is 32.9. The molecule has 0 amide bonds. The second-order valence-electron chi connectivity index (χ2n) is 14.8. The normalized spacial score (nSPS) is 11.6. The molecule has 0 atom stereocenters. The first-order valence-corrected chi connectivity index (χ1v) is 21.0. The van der Waals surface area contributed by atoms with Crippen LogP contribution in [0.25, 0.3) is 107 Å². The number of fused-ring (bicyclic) bond motifs is 6. The fraction of sp³-hybridized carbons (Fsp3) is 0.0185. The van der Waals surface area contributed by atoms with Gasteiger partial charge in [-0.1, -0.05) is 103 Å². The average molecular weight is 762 g/mol. The Morgan fingerprint density at radius 2 is 0.754 bits per heavy atom. The third kappa shape index (κ3) is 6.04. The molecule has 0 N–H and O–H groups in total. The van der Waals surface area contributed by atoms with E-state index in [0.717, 1.165) is 5.56 Å². The van der Waals surface area contributed by atoms with Crippen molar-refractivity contribution in [1.29, 1.82) is 0 Å². The second-order valence-corrected chi connectivity index (χ2v) is 17.0. The number of aromatic nitrogens is 1. The quantitative estimate of drug-likeness (QED) is 0.164. The summed E-state index contributed by atoms with van der Waals surface area (Å²) in [6.07, 6.45) is 3.80. The molecular weight excluding hydrogens is 727 g/mol. The van der Waals surface area contributed by atoms with E-state index in [1.165, 1.54) is 107 Å². The van der Waals surface area contributed by atoms with Crippen LogP contribution >= 0.6 is 22.7 Å². The lowest BCUT2D eigenvalue weighted by atomic mass is 9.87. The molecule has 3 heteroatoms. The highest BCUT2D eigenvalue weighted by molar-refractivity contribution is 7.26. The number of thiophene rings is 2. The lowest BCUT2D eigenvalue weighted by Crippen LogP contribution is -1.91. The maximum absolute atomic E-state index is 4.48. The highest BCUT2D eigenvalue weighted by Gasteiger charge is 2.16. The van der Waals surface area contributed by atoms with Gasteiger partial charge in [-0.2, -0.15) is 0 Å². The minimum atomic E-state index is 1.10. The molecule has 0 aliphatic heterocycles. The molecule has 0 saturated carbocycles. The van der Waals surface area contributed by atoms with Crippen molar-refractivity contribution in [1.82, 2.24) is 4.98 Å². The standard InChI is InChI=1S/C54H35NS2/c1-34-11-2-3-13-44(34)42-28-41(29-43(30-42)46-15-5-4-14-45(46)37-12-10-24-55-33-37)40-26-38(35-20-22-53-49(31-35)47-16-6-8-18-51(47)56-53)25-39(27-40)36-21-23-54-50(32-36)48-17-7-9-19-52(48)57-54/h2-33H,1H3. The van der Waals surface area contributed by atoms with Crippen LogP contribution < -0.4 is 0 Å². The highest BCUT2D eigenvalue weighted by atomic mass is 32.1. The molecule has 8 aromatic carbocycles. The van der Waals surface area contributed by atoms with Gasteiger partial charge < -0.3 is 0 Å². The topological polar surface area (TPSA) is 12.9 Å². The van der Waals surface area contributed by atoms with Crippen molar-refractivity contribution in [2.24, 2.45) is 0 Å². The van der Waals surface area contributed by atoms with Gasteiger partial charge in [0.05, 0.1) is 0 Å². The number of nitrogens with zero attached hydrogens (tertiary/aromatic N) is 1. The van der Waals surface area contributed by atoms with E-state index in [1.54, 1.807) is 0 Å². The van der Waals surface area contributed by atoms with Crippen LogP contribution in [0.2, 0.25) is 0 Å². The van der Waals surface area contributed by atoms with Crippen molar-refractivity contribution in [2.75, 3.05) is 0 Å². The molecule has 0 saturated heterocycles. The summed E-state index contributed by atoms with van der Waals surface area (Å²) in [5.41, 5.74) is 15.5. The summed E-state index contributed by atoms with van der Waals surface area (Å²) < 4.78 is 5.27. The summed E-state index contributed by atoms with van der Waals surface area (Å²) in [7, 11) is 0. The molecule has 3 heterocycles. The molecule has 268 valence electrons. The second kappa shape index (κ2) is 13.8. The zero-order valence-electron chi connectivity index (χ0n) is 31.2. The minimum Gasteiger partial charge on any atom is -0.264 e. The van der Waals surface area contributed by atoms with Crippen molar-refractivity contribution in [3.8, 4) is 66.8 Å². The third-order valence-corrected chi connectivity index (χ3v) is 13.6. The zero-order chi connectivity index (χ0) is 37.9. The van der Waals surface area contributed by atoms with Crippen LogP contribution in [0.3, 0.4) is 0 Å². The van der Waals surface area contributed by atoms with Crippen LogP contribution in [0.5, 0.6) is 0 Å². The van der Waals surface area contributed by atoms with Crippen molar-refractivity contribution in [2.45, 2.75) is 6.92 Å². The molecule has 11 aromatic rings. The van der Waals surface area contributed by atoms with E-state index < -0.39 is 0 Å². The Balaban J connectivity index is 1.16. The Labute approximate surface area is 339 Å². The summed E-state index contributed by atoms with van der Waals surface area (Å²) in [5.74, 6) is 0. The van der Waals surface area contributed by atoms with E-state index in [9.17, 15) is 0 Å². The predicted octanol–water partition coefficient (Wildman–Crippen LogP) is 16.1. The SMILES string of the molecule is Cc1ccccc1-c1cc(-c2cc(-c3ccc4sc5ccccc5c4c3)cc(-c3ccc4sc5ccccc5c4c3)c2)cc(-c2ccccc2-c2cccnc2)c1. The van der Waals surface area contributed by atoms with Crippen molar-refractivity contribution >= 4 is 63.0 Å². The molecule has 11 rings (SSSR count). The summed E-state index contributed by atoms with van der Waals surface area (Å²) >= 11 is 3.73. The molecule has 0 fully saturated rings. The summed E-state index contributed by atoms with van der Waals surface area (Å²) in [6, 6.07) is 67.4. The largest absolute Gasteiger partial charge is 0.264 e. The van der Waals surface area contributed by atoms with E-state index >= 15 is 0 Å². The van der Waals surface area contributed by atoms with Gasteiger partial charge in [0.25, 0.3) is 0 Å². The van der Waals surface area contributed by atoms with Gasteiger partial charge in [-0.05, 0) is 153 Å². The van der Waals surface area contributed by atoms with Crippen LogP contribution in [0.1, 0.15) is 5.56 Å². The first-order valence-electron chi connectivity index (χ1n) is 19.3. The molecule has 57 heavy (non-hydrogen) atoms. The molecule has 0 unspecified atom stereocenters. The average Bonchev–Trinajstić information content (AvgIpc) is 3.84. The van der Waals surface area contributed by atoms with Crippen LogP contribution in [0, 0.1) is 6.92 Å². The van der Waals surface area contributed by atoms with E-state index in [0.29, 0.717) is 0 Å². The predicted molar refractivity (Wildman–Crippen MR) is 247 cm³/mol. The van der Waals surface area contributed by atoms with E-state index in [1.807, 2.05) is 41.1 Å². The molecule has 0 bridgehead atoms. The Bertz CT molecular complexity index is 3180. The number of benzene rings is 8. The van der Waals surface area contributed by atoms with E-state index in [4.69, 9.17) is 0 Å². The number of pyridine rings is 1. The highest BCUT2D eigenvalue weighted by Crippen LogP contribution is 2.43. The number of aryl methyl sites for hydroxylation is 1. The summed E-state index contributed by atoms with van der Waals surface area (Å²) in [5, 5.41) is 5.24. The maximum atomic E-state index is 4.48. The van der Waals surface area contributed by atoms with Gasteiger partial charge in [0.1, 0.15) is 0 Å². The summed E-state index contributed by atoms with van der Waals surface area (Å²) in [6.45, 7) is 2.21. The minimum absolute atomic E-state index is 1.10. The molecule has 1 nitrogen and oxygen atoms in total. The molecule has 0 aliphatic carbocycles. The van der Waals surface area contributed by atoms with Gasteiger partial charge in [0.15, 0.2) is 0 Å². The molecule has 0 radical (unpaired) electrons. The van der Waals surface area contributed by atoms with Gasteiger partial charge in [0, 0.05) is 58.3 Å². The molecule has 3 aromatic heterocycles. The van der Waals surface area contributed by atoms with E-state index in [-0.39, 0.29) is 0 Å². The Kier molecular flexibility index (Phi) is 8.17. The van der Waals surface area contributed by atoms with Crippen LogP contribution in [-0.2, 0) is 0 Å². The van der Waals surface area contributed by atoms with Gasteiger partial charge in [-0.3, -0.25) is 4.98 Å². The summed E-state index contributed by atoms with van der Waals surface area (Å²) in [4.78, 5) is 4.48. The lowest BCUT2D eigenvalue weighted by molar-refractivity contribution is 1.33. The molecule has 0 spiro atoms. The van der Waals surface area contributed by atoms with Crippen molar-refractivity contribution in [3.63, 3.8) is 0 Å². The molecule has 0 aliphatic rings. The first kappa shape index (κ1) is 33.7. The number of hydrogen-bond acceptors (Lipinski definition) is 3. The fourth-order valence-corrected chi connectivity index (χ4v) is 10.6. The van der Waals surface area contributed by atoms with Gasteiger partial charge in [-0.15, -0.1) is 22.7 Å². The fourth-order valence-electron chi connectivity index (χ4n) is 8.45. The maximum Gasteiger partial charge on any atom is 0.0355 e. The van der Waals surface area contributed by atoms with Crippen LogP contribution in [0.15, 0.2) is 194 Å². The van der Waals surface area contributed by atoms with Gasteiger partial charge >= 0.3 is 0 Å². The lowest BCUT2D eigenvalue weighted by Gasteiger charge is -2.17. The smallest absolute Gasteiger partial charge is 0.0355 e. The third-order valence-electron chi connectivity index (χ3n) is 11.3. The van der Waals surface area contributed by atoms with E-state index in [2.05, 4.69) is 188 Å². The van der Waals surface area contributed by atoms with Crippen molar-refractivity contribution in [3.05, 3.63) is 200 Å². The number of hydrogen-bond donors (Lipinski definition) is 0.